The lowest BCUT2D eigenvalue weighted by atomic mass is 9.93. The summed E-state index contributed by atoms with van der Waals surface area (Å²) in [7, 11) is 0.671. The van der Waals surface area contributed by atoms with E-state index in [0.717, 1.165) is 6.17 Å². The van der Waals surface area contributed by atoms with Gasteiger partial charge in [0.1, 0.15) is 8.24 Å². The van der Waals surface area contributed by atoms with E-state index in [1.807, 2.05) is 0 Å². The second-order valence-electron chi connectivity index (χ2n) is 7.63. The molecule has 0 aliphatic heterocycles. The molecule has 131 valence electrons. The van der Waals surface area contributed by atoms with Gasteiger partial charge in [-0.1, -0.05) is 65.5 Å². The molecule has 0 atom stereocenters. The van der Waals surface area contributed by atoms with Gasteiger partial charge in [-0.25, -0.2) is 0 Å². The van der Waals surface area contributed by atoms with Gasteiger partial charge >= 0.3 is 9.28 Å². The zero-order valence-electron chi connectivity index (χ0n) is 16.4. The second-order valence-corrected chi connectivity index (χ2v) is 14.4. The number of anilines is 1. The van der Waals surface area contributed by atoms with Crippen molar-refractivity contribution in [2.75, 3.05) is 25.0 Å². The largest absolute Gasteiger partial charge is 0.404 e. The first-order chi connectivity index (χ1) is 10.6. The quantitative estimate of drug-likeness (QED) is 0.621. The van der Waals surface area contributed by atoms with Crippen LogP contribution in [0.25, 0.3) is 0 Å². The van der Waals surface area contributed by atoms with Gasteiger partial charge in [0.25, 0.3) is 0 Å². The third-order valence-corrected chi connectivity index (χ3v) is 7.97. The average Bonchev–Trinajstić information content (AvgIpc) is 2.46. The molecule has 0 aromatic heterocycles. The molecule has 0 fully saturated rings. The van der Waals surface area contributed by atoms with E-state index in [2.05, 4.69) is 70.1 Å². The van der Waals surface area contributed by atoms with Crippen molar-refractivity contribution in [2.45, 2.75) is 59.2 Å². The standard InChI is InChI=1S/C18H34NO2Si2/c1-14(2)16-11-10-12-17(15(3)4)18(16)19(23(7,8)9)13-22(20-5)21-6/h10-12,14-15H,13H2,1-9H3. The summed E-state index contributed by atoms with van der Waals surface area (Å²) in [4.78, 5) is 0. The zero-order chi connectivity index (χ0) is 17.8. The van der Waals surface area contributed by atoms with Crippen molar-refractivity contribution in [2.24, 2.45) is 0 Å². The maximum atomic E-state index is 5.61. The fraction of sp³-hybridized carbons (Fsp3) is 0.667. The van der Waals surface area contributed by atoms with E-state index in [1.54, 1.807) is 14.2 Å². The van der Waals surface area contributed by atoms with Crippen LogP contribution in [0.2, 0.25) is 19.6 Å². The summed E-state index contributed by atoms with van der Waals surface area (Å²) in [6.45, 7) is 16.3. The molecule has 0 N–H and O–H groups in total. The van der Waals surface area contributed by atoms with Crippen LogP contribution in [0.5, 0.6) is 0 Å². The maximum Gasteiger partial charge on any atom is 0.404 e. The van der Waals surface area contributed by atoms with Crippen LogP contribution in [0.1, 0.15) is 50.7 Å². The minimum atomic E-state index is -1.58. The van der Waals surface area contributed by atoms with E-state index >= 15 is 0 Å². The van der Waals surface area contributed by atoms with Gasteiger partial charge in [0.05, 0.1) is 6.17 Å². The van der Waals surface area contributed by atoms with Gasteiger partial charge in [-0.2, -0.15) is 0 Å². The molecule has 0 aliphatic rings. The van der Waals surface area contributed by atoms with Gasteiger partial charge in [-0.15, -0.1) is 0 Å². The van der Waals surface area contributed by atoms with Crippen molar-refractivity contribution in [3.05, 3.63) is 29.3 Å². The number of hydrogen-bond acceptors (Lipinski definition) is 3. The van der Waals surface area contributed by atoms with E-state index < -0.39 is 17.5 Å². The Bertz CT molecular complexity index is 468. The first kappa shape index (κ1) is 20.4. The summed E-state index contributed by atoms with van der Waals surface area (Å²) in [5.41, 5.74) is 4.30. The predicted molar refractivity (Wildman–Crippen MR) is 105 cm³/mol. The summed E-state index contributed by atoms with van der Waals surface area (Å²) in [5.74, 6) is 1.01. The number of para-hydroxylation sites is 1. The molecule has 1 rings (SSSR count). The summed E-state index contributed by atoms with van der Waals surface area (Å²) in [6, 6.07) is 6.77. The van der Waals surface area contributed by atoms with E-state index in [4.69, 9.17) is 8.85 Å². The van der Waals surface area contributed by atoms with Crippen LogP contribution in [0.15, 0.2) is 18.2 Å². The first-order valence-electron chi connectivity index (χ1n) is 8.47. The highest BCUT2D eigenvalue weighted by Crippen LogP contribution is 2.37. The normalized spacial score (nSPS) is 12.5. The molecule has 0 heterocycles. The number of nitrogens with zero attached hydrogens (tertiary/aromatic N) is 1. The SMILES string of the molecule is CO[Si](CN(c1c(C(C)C)cccc1C(C)C)[Si](C)(C)C)OC. The molecule has 23 heavy (non-hydrogen) atoms. The minimum absolute atomic E-state index is 0.503. The second kappa shape index (κ2) is 8.47. The third kappa shape index (κ3) is 5.17. The molecule has 1 aromatic rings. The highest BCUT2D eigenvalue weighted by atomic mass is 28.3. The van der Waals surface area contributed by atoms with E-state index in [0.29, 0.717) is 11.8 Å². The van der Waals surface area contributed by atoms with Crippen molar-refractivity contribution in [3.63, 3.8) is 0 Å². The van der Waals surface area contributed by atoms with Gasteiger partial charge < -0.3 is 13.4 Å². The van der Waals surface area contributed by atoms with E-state index in [-0.39, 0.29) is 0 Å². The molecular weight excluding hydrogens is 318 g/mol. The summed E-state index contributed by atoms with van der Waals surface area (Å²) >= 11 is 0. The van der Waals surface area contributed by atoms with Gasteiger partial charge in [0, 0.05) is 19.9 Å². The predicted octanol–water partition coefficient (Wildman–Crippen LogP) is 4.89. The highest BCUT2D eigenvalue weighted by molar-refractivity contribution is 6.80. The van der Waals surface area contributed by atoms with Gasteiger partial charge in [0.2, 0.25) is 0 Å². The molecule has 0 saturated heterocycles. The van der Waals surface area contributed by atoms with Gasteiger partial charge in [-0.3, -0.25) is 0 Å². The Labute approximate surface area is 145 Å². The molecule has 5 heteroatoms. The van der Waals surface area contributed by atoms with Crippen LogP contribution >= 0.6 is 0 Å². The molecule has 1 radical (unpaired) electrons. The molecule has 1 aromatic carbocycles. The van der Waals surface area contributed by atoms with Crippen LogP contribution in [-0.2, 0) is 8.85 Å². The topological polar surface area (TPSA) is 21.7 Å². The monoisotopic (exact) mass is 352 g/mol. The van der Waals surface area contributed by atoms with Gasteiger partial charge in [-0.05, 0) is 23.0 Å². The molecule has 0 aliphatic carbocycles. The zero-order valence-corrected chi connectivity index (χ0v) is 18.4. The average molecular weight is 353 g/mol. The Morgan fingerprint density at radius 1 is 0.957 bits per heavy atom. The maximum absolute atomic E-state index is 5.61. The van der Waals surface area contributed by atoms with Crippen LogP contribution < -0.4 is 4.57 Å². The molecule has 0 bridgehead atoms. The van der Waals surface area contributed by atoms with E-state index in [9.17, 15) is 0 Å². The molecule has 0 saturated carbocycles. The fourth-order valence-electron chi connectivity index (χ4n) is 2.82. The molecule has 0 unspecified atom stereocenters. The third-order valence-electron chi connectivity index (χ3n) is 4.16. The van der Waals surface area contributed by atoms with Gasteiger partial charge in [0.15, 0.2) is 0 Å². The number of hydrogen-bond donors (Lipinski definition) is 0. The summed E-state index contributed by atoms with van der Waals surface area (Å²) in [6.07, 6.45) is 0.872. The van der Waals surface area contributed by atoms with Crippen molar-refractivity contribution in [1.82, 2.24) is 0 Å². The Morgan fingerprint density at radius 2 is 1.39 bits per heavy atom. The lowest BCUT2D eigenvalue weighted by molar-refractivity contribution is 0.279. The molecule has 3 nitrogen and oxygen atoms in total. The Morgan fingerprint density at radius 3 is 1.70 bits per heavy atom. The van der Waals surface area contributed by atoms with Crippen molar-refractivity contribution in [1.29, 1.82) is 0 Å². The van der Waals surface area contributed by atoms with Crippen LogP contribution in [0.4, 0.5) is 5.69 Å². The first-order valence-corrected chi connectivity index (χ1v) is 13.4. The molecule has 0 amide bonds. The fourth-order valence-corrected chi connectivity index (χ4v) is 6.87. The van der Waals surface area contributed by atoms with Crippen LogP contribution in [0.3, 0.4) is 0 Å². The minimum Gasteiger partial charge on any atom is -0.396 e. The summed E-state index contributed by atoms with van der Waals surface area (Å²) in [5, 5.41) is 0. The Kier molecular flexibility index (Phi) is 7.52. The van der Waals surface area contributed by atoms with E-state index in [1.165, 1.54) is 16.8 Å². The summed E-state index contributed by atoms with van der Waals surface area (Å²) < 4.78 is 13.8. The van der Waals surface area contributed by atoms with Crippen molar-refractivity contribution >= 4 is 23.2 Å². The van der Waals surface area contributed by atoms with Crippen LogP contribution in [0, 0.1) is 0 Å². The lowest BCUT2D eigenvalue weighted by Crippen LogP contribution is -2.52. The highest BCUT2D eigenvalue weighted by Gasteiger charge is 2.32. The number of benzene rings is 1. The molecule has 0 spiro atoms. The van der Waals surface area contributed by atoms with Crippen LogP contribution in [-0.4, -0.2) is 37.9 Å². The smallest absolute Gasteiger partial charge is 0.396 e. The lowest BCUT2D eigenvalue weighted by Gasteiger charge is -2.41. The van der Waals surface area contributed by atoms with Crippen molar-refractivity contribution in [3.8, 4) is 0 Å². The Hall–Kier alpha value is -0.626. The molecular formula is C18H34NO2Si2. The van der Waals surface area contributed by atoms with Crippen molar-refractivity contribution < 1.29 is 8.85 Å². The number of rotatable bonds is 8. The Balaban J connectivity index is 3.50.